The molecule has 1 heterocycles. The molecule has 2 amide bonds. The van der Waals surface area contributed by atoms with Gasteiger partial charge in [0.2, 0.25) is 11.8 Å². The van der Waals surface area contributed by atoms with Crippen LogP contribution in [0.5, 0.6) is 0 Å². The quantitative estimate of drug-likeness (QED) is 0.417. The Labute approximate surface area is 181 Å². The number of anilines is 2. The molecule has 4 aromatic rings. The lowest BCUT2D eigenvalue weighted by Crippen LogP contribution is -2.19. The topological polar surface area (TPSA) is 80.0 Å². The molecule has 0 saturated heterocycles. The Morgan fingerprint density at radius 2 is 1.39 bits per heavy atom. The second kappa shape index (κ2) is 9.26. The van der Waals surface area contributed by atoms with Crippen molar-refractivity contribution in [3.05, 3.63) is 95.4 Å². The highest BCUT2D eigenvalue weighted by molar-refractivity contribution is 5.99. The smallest absolute Gasteiger partial charge is 0.323 e. The van der Waals surface area contributed by atoms with Crippen LogP contribution in [0.2, 0.25) is 0 Å². The van der Waals surface area contributed by atoms with Gasteiger partial charge in [0.05, 0.1) is 6.42 Å². The fraction of sp³-hybridized carbons (Fsp3) is 0.160. The minimum absolute atomic E-state index is 0.296. The lowest BCUT2D eigenvalue weighted by atomic mass is 10.1. The molecule has 0 spiro atoms. The van der Waals surface area contributed by atoms with Crippen molar-refractivity contribution in [2.75, 3.05) is 10.6 Å². The Balaban J connectivity index is 1.36. The van der Waals surface area contributed by atoms with E-state index in [0.717, 1.165) is 23.2 Å². The number of amides is 2. The lowest BCUT2D eigenvalue weighted by Gasteiger charge is -2.08. The molecule has 0 fully saturated rings. The van der Waals surface area contributed by atoms with Crippen molar-refractivity contribution in [2.24, 2.45) is 0 Å². The lowest BCUT2D eigenvalue weighted by molar-refractivity contribution is 0.262. The number of aryl methyl sites for hydroxylation is 2. The third kappa shape index (κ3) is 5.36. The van der Waals surface area contributed by atoms with E-state index in [2.05, 4.69) is 58.9 Å². The average molecular weight is 412 g/mol. The Morgan fingerprint density at radius 1 is 0.806 bits per heavy atom. The van der Waals surface area contributed by atoms with Crippen LogP contribution in [0.15, 0.2) is 77.2 Å². The molecule has 0 atom stereocenters. The zero-order chi connectivity index (χ0) is 21.6. The Kier molecular flexibility index (Phi) is 6.08. The molecule has 31 heavy (non-hydrogen) atoms. The molecule has 0 aliphatic heterocycles. The van der Waals surface area contributed by atoms with Gasteiger partial charge in [0.15, 0.2) is 0 Å². The number of benzene rings is 3. The fourth-order valence-corrected chi connectivity index (χ4v) is 3.14. The van der Waals surface area contributed by atoms with Crippen LogP contribution in [0.3, 0.4) is 0 Å². The minimum Gasteiger partial charge on any atom is -0.420 e. The van der Waals surface area contributed by atoms with E-state index in [0.29, 0.717) is 23.9 Å². The molecule has 156 valence electrons. The number of hydrogen-bond donors (Lipinski definition) is 2. The van der Waals surface area contributed by atoms with E-state index in [-0.39, 0.29) is 6.03 Å². The number of nitrogens with one attached hydrogen (secondary N) is 2. The van der Waals surface area contributed by atoms with Crippen molar-refractivity contribution in [3.8, 4) is 11.5 Å². The average Bonchev–Trinajstić information content (AvgIpc) is 3.25. The molecule has 6 heteroatoms. The van der Waals surface area contributed by atoms with E-state index < -0.39 is 0 Å². The van der Waals surface area contributed by atoms with E-state index >= 15 is 0 Å². The van der Waals surface area contributed by atoms with Gasteiger partial charge < -0.3 is 15.1 Å². The SMILES string of the molecule is CCc1ccc(NC(=O)Nc2ccc(-c3nnc(Cc4ccc(C)cc4)o3)cc2)cc1. The Bertz CT molecular complexity index is 1150. The molecule has 0 aliphatic rings. The van der Waals surface area contributed by atoms with Gasteiger partial charge in [-0.3, -0.25) is 0 Å². The highest BCUT2D eigenvalue weighted by atomic mass is 16.4. The van der Waals surface area contributed by atoms with Gasteiger partial charge in [-0.15, -0.1) is 10.2 Å². The van der Waals surface area contributed by atoms with Gasteiger partial charge in [0, 0.05) is 16.9 Å². The van der Waals surface area contributed by atoms with Crippen molar-refractivity contribution >= 4 is 17.4 Å². The predicted molar refractivity (Wildman–Crippen MR) is 122 cm³/mol. The maximum Gasteiger partial charge on any atom is 0.323 e. The number of rotatable bonds is 6. The molecule has 0 aliphatic carbocycles. The molecule has 6 nitrogen and oxygen atoms in total. The van der Waals surface area contributed by atoms with Gasteiger partial charge in [-0.05, 0) is 60.9 Å². The minimum atomic E-state index is -0.296. The van der Waals surface area contributed by atoms with Crippen molar-refractivity contribution < 1.29 is 9.21 Å². The summed E-state index contributed by atoms with van der Waals surface area (Å²) < 4.78 is 5.80. The summed E-state index contributed by atoms with van der Waals surface area (Å²) in [5.41, 5.74) is 5.78. The number of aromatic nitrogens is 2. The molecule has 0 radical (unpaired) electrons. The van der Waals surface area contributed by atoms with Gasteiger partial charge in [0.1, 0.15) is 0 Å². The van der Waals surface area contributed by atoms with Crippen molar-refractivity contribution in [1.29, 1.82) is 0 Å². The normalized spacial score (nSPS) is 10.6. The summed E-state index contributed by atoms with van der Waals surface area (Å²) in [4.78, 5) is 12.2. The van der Waals surface area contributed by atoms with Crippen molar-refractivity contribution in [2.45, 2.75) is 26.7 Å². The first-order chi connectivity index (χ1) is 15.1. The van der Waals surface area contributed by atoms with Crippen molar-refractivity contribution in [1.82, 2.24) is 10.2 Å². The molecule has 0 saturated carbocycles. The maximum absolute atomic E-state index is 12.2. The number of nitrogens with zero attached hydrogens (tertiary/aromatic N) is 2. The molecule has 0 bridgehead atoms. The van der Waals surface area contributed by atoms with Crippen LogP contribution in [0.4, 0.5) is 16.2 Å². The van der Waals surface area contributed by atoms with Gasteiger partial charge in [-0.25, -0.2) is 4.79 Å². The van der Waals surface area contributed by atoms with E-state index in [1.165, 1.54) is 11.1 Å². The molecular weight excluding hydrogens is 388 g/mol. The van der Waals surface area contributed by atoms with Crippen LogP contribution in [-0.4, -0.2) is 16.2 Å². The first-order valence-corrected chi connectivity index (χ1v) is 10.2. The van der Waals surface area contributed by atoms with E-state index in [1.807, 2.05) is 36.4 Å². The highest BCUT2D eigenvalue weighted by Gasteiger charge is 2.10. The Morgan fingerprint density at radius 3 is 2.00 bits per heavy atom. The van der Waals surface area contributed by atoms with Gasteiger partial charge in [0.25, 0.3) is 0 Å². The summed E-state index contributed by atoms with van der Waals surface area (Å²) in [6.07, 6.45) is 1.55. The summed E-state index contributed by atoms with van der Waals surface area (Å²) in [6.45, 7) is 4.15. The molecule has 0 unspecified atom stereocenters. The molecular formula is C25H24N4O2. The molecule has 3 aromatic carbocycles. The molecule has 4 rings (SSSR count). The van der Waals surface area contributed by atoms with Crippen LogP contribution in [0.25, 0.3) is 11.5 Å². The zero-order valence-electron chi connectivity index (χ0n) is 17.6. The number of carbonyl (C=O) groups excluding carboxylic acids is 1. The van der Waals surface area contributed by atoms with Crippen molar-refractivity contribution in [3.63, 3.8) is 0 Å². The van der Waals surface area contributed by atoms with E-state index in [1.54, 1.807) is 12.1 Å². The van der Waals surface area contributed by atoms with Crippen LogP contribution in [-0.2, 0) is 12.8 Å². The summed E-state index contributed by atoms with van der Waals surface area (Å²) >= 11 is 0. The van der Waals surface area contributed by atoms with E-state index in [4.69, 9.17) is 4.42 Å². The van der Waals surface area contributed by atoms with Gasteiger partial charge in [-0.1, -0.05) is 48.9 Å². The fourth-order valence-electron chi connectivity index (χ4n) is 3.14. The van der Waals surface area contributed by atoms with Crippen LogP contribution in [0, 0.1) is 6.92 Å². The first kappa shape index (κ1) is 20.3. The molecule has 1 aromatic heterocycles. The highest BCUT2D eigenvalue weighted by Crippen LogP contribution is 2.21. The molecule has 2 N–H and O–H groups in total. The predicted octanol–water partition coefficient (Wildman–Crippen LogP) is 5.84. The monoisotopic (exact) mass is 412 g/mol. The second-order valence-corrected chi connectivity index (χ2v) is 7.37. The standard InChI is InChI=1S/C25H24N4O2/c1-3-18-8-12-21(13-9-18)26-25(30)27-22-14-10-20(11-15-22)24-29-28-23(31-24)16-19-6-4-17(2)5-7-19/h4-15H,3,16H2,1-2H3,(H2,26,27,30). The van der Waals surface area contributed by atoms with Gasteiger partial charge in [-0.2, -0.15) is 0 Å². The number of hydrogen-bond acceptors (Lipinski definition) is 4. The zero-order valence-corrected chi connectivity index (χ0v) is 17.6. The summed E-state index contributed by atoms with van der Waals surface area (Å²) in [5.74, 6) is 1.02. The van der Waals surface area contributed by atoms with E-state index in [9.17, 15) is 4.79 Å². The van der Waals surface area contributed by atoms with Crippen LogP contribution < -0.4 is 10.6 Å². The number of urea groups is 1. The summed E-state index contributed by atoms with van der Waals surface area (Å²) in [5, 5.41) is 13.9. The largest absolute Gasteiger partial charge is 0.420 e. The Hall–Kier alpha value is -3.93. The van der Waals surface area contributed by atoms with Crippen LogP contribution >= 0.6 is 0 Å². The van der Waals surface area contributed by atoms with Crippen LogP contribution in [0.1, 0.15) is 29.5 Å². The summed E-state index contributed by atoms with van der Waals surface area (Å²) in [7, 11) is 0. The van der Waals surface area contributed by atoms with Gasteiger partial charge >= 0.3 is 6.03 Å². The maximum atomic E-state index is 12.2. The second-order valence-electron chi connectivity index (χ2n) is 7.37. The number of carbonyl (C=O) groups is 1. The third-order valence-corrected chi connectivity index (χ3v) is 4.95. The third-order valence-electron chi connectivity index (χ3n) is 4.95. The summed E-state index contributed by atoms with van der Waals surface area (Å²) in [6, 6.07) is 23.0. The first-order valence-electron chi connectivity index (χ1n) is 10.2.